The first kappa shape index (κ1) is 12.8. The number of nitrogens with one attached hydrogen (secondary N) is 1. The zero-order valence-electron chi connectivity index (χ0n) is 11.9. The van der Waals surface area contributed by atoms with Gasteiger partial charge >= 0.3 is 0 Å². The molecule has 4 nitrogen and oxygen atoms in total. The van der Waals surface area contributed by atoms with Crippen LogP contribution in [-0.4, -0.2) is 14.4 Å². The van der Waals surface area contributed by atoms with Crippen molar-refractivity contribution in [2.24, 2.45) is 0 Å². The van der Waals surface area contributed by atoms with E-state index in [4.69, 9.17) is 0 Å². The van der Waals surface area contributed by atoms with Crippen LogP contribution in [0.5, 0.6) is 0 Å². The van der Waals surface area contributed by atoms with E-state index in [1.54, 1.807) is 31.6 Å². The number of hydrogen-bond acceptors (Lipinski definition) is 3. The van der Waals surface area contributed by atoms with Gasteiger partial charge in [-0.15, -0.1) is 0 Å². The van der Waals surface area contributed by atoms with Gasteiger partial charge in [0, 0.05) is 5.69 Å². The van der Waals surface area contributed by atoms with Crippen LogP contribution >= 0.6 is 0 Å². The quantitative estimate of drug-likeness (QED) is 0.605. The van der Waals surface area contributed by atoms with E-state index < -0.39 is 0 Å². The normalized spacial score (nSPS) is 11.2. The number of fused-ring (bicyclic) bond motifs is 3. The topological polar surface area (TPSA) is 42.2 Å². The molecular formula is C17H13FN4. The molecule has 0 fully saturated rings. The Balaban J connectivity index is 1.89. The SMILES string of the molecule is Cc1cc(Nc2nc3ccccc3n3cncc23)ccc1F. The molecule has 0 saturated carbocycles. The Morgan fingerprint density at radius 3 is 2.82 bits per heavy atom. The van der Waals surface area contributed by atoms with Crippen LogP contribution in [0, 0.1) is 12.7 Å². The lowest BCUT2D eigenvalue weighted by Gasteiger charge is -2.10. The summed E-state index contributed by atoms with van der Waals surface area (Å²) in [5.41, 5.74) is 4.13. The number of halogens is 1. The third-order valence-corrected chi connectivity index (χ3v) is 3.68. The number of nitrogens with zero attached hydrogens (tertiary/aromatic N) is 3. The number of anilines is 2. The minimum atomic E-state index is -0.216. The van der Waals surface area contributed by atoms with Crippen molar-refractivity contribution in [3.63, 3.8) is 0 Å². The molecule has 2 heterocycles. The summed E-state index contributed by atoms with van der Waals surface area (Å²) >= 11 is 0. The maximum atomic E-state index is 13.4. The van der Waals surface area contributed by atoms with Crippen molar-refractivity contribution in [3.05, 3.63) is 66.4 Å². The molecule has 2 aromatic carbocycles. The van der Waals surface area contributed by atoms with Crippen molar-refractivity contribution in [1.82, 2.24) is 14.4 Å². The molecule has 4 rings (SSSR count). The number of benzene rings is 2. The lowest BCUT2D eigenvalue weighted by atomic mass is 10.2. The first-order valence-electron chi connectivity index (χ1n) is 6.96. The molecule has 0 spiro atoms. The van der Waals surface area contributed by atoms with E-state index in [-0.39, 0.29) is 5.82 Å². The van der Waals surface area contributed by atoms with Crippen molar-refractivity contribution >= 4 is 28.1 Å². The number of aromatic nitrogens is 3. The molecule has 0 bridgehead atoms. The summed E-state index contributed by atoms with van der Waals surface area (Å²) in [4.78, 5) is 8.87. The molecule has 1 N–H and O–H groups in total. The van der Waals surface area contributed by atoms with Crippen LogP contribution in [0.1, 0.15) is 5.56 Å². The van der Waals surface area contributed by atoms with Gasteiger partial charge in [-0.05, 0) is 42.8 Å². The molecule has 0 radical (unpaired) electrons. The molecule has 0 aliphatic rings. The highest BCUT2D eigenvalue weighted by molar-refractivity contribution is 5.85. The fourth-order valence-corrected chi connectivity index (χ4v) is 2.55. The maximum absolute atomic E-state index is 13.4. The first-order valence-corrected chi connectivity index (χ1v) is 6.96. The van der Waals surface area contributed by atoms with Crippen molar-refractivity contribution < 1.29 is 4.39 Å². The van der Waals surface area contributed by atoms with Crippen LogP contribution in [0.15, 0.2) is 55.0 Å². The number of imidazole rings is 1. The first-order chi connectivity index (χ1) is 10.7. The van der Waals surface area contributed by atoms with Crippen LogP contribution in [0.25, 0.3) is 16.6 Å². The Labute approximate surface area is 126 Å². The van der Waals surface area contributed by atoms with Gasteiger partial charge < -0.3 is 5.32 Å². The van der Waals surface area contributed by atoms with Crippen molar-refractivity contribution in [1.29, 1.82) is 0 Å². The highest BCUT2D eigenvalue weighted by Gasteiger charge is 2.09. The third-order valence-electron chi connectivity index (χ3n) is 3.68. The molecule has 0 amide bonds. The number of para-hydroxylation sites is 2. The van der Waals surface area contributed by atoms with Crippen LogP contribution < -0.4 is 5.32 Å². The second-order valence-corrected chi connectivity index (χ2v) is 5.19. The minimum Gasteiger partial charge on any atom is -0.338 e. The summed E-state index contributed by atoms with van der Waals surface area (Å²) in [5, 5.41) is 3.25. The fraction of sp³-hybridized carbons (Fsp3) is 0.0588. The Morgan fingerprint density at radius 2 is 1.95 bits per heavy atom. The number of hydrogen-bond donors (Lipinski definition) is 1. The van der Waals surface area contributed by atoms with Gasteiger partial charge in [0.15, 0.2) is 5.82 Å². The van der Waals surface area contributed by atoms with Gasteiger partial charge in [-0.1, -0.05) is 12.1 Å². The average molecular weight is 292 g/mol. The van der Waals surface area contributed by atoms with Crippen LogP contribution in [0.3, 0.4) is 0 Å². The molecule has 0 aliphatic heterocycles. The summed E-state index contributed by atoms with van der Waals surface area (Å²) in [5.74, 6) is 0.480. The molecule has 0 atom stereocenters. The second-order valence-electron chi connectivity index (χ2n) is 5.19. The molecule has 0 unspecified atom stereocenters. The van der Waals surface area contributed by atoms with E-state index >= 15 is 0 Å². The van der Waals surface area contributed by atoms with E-state index in [0.717, 1.165) is 22.2 Å². The Hall–Kier alpha value is -2.95. The van der Waals surface area contributed by atoms with Gasteiger partial charge in [0.25, 0.3) is 0 Å². The van der Waals surface area contributed by atoms with Gasteiger partial charge in [0.05, 0.1) is 23.6 Å². The minimum absolute atomic E-state index is 0.216. The van der Waals surface area contributed by atoms with Gasteiger partial charge in [0.1, 0.15) is 11.3 Å². The van der Waals surface area contributed by atoms with Gasteiger partial charge in [-0.3, -0.25) is 4.40 Å². The second kappa shape index (κ2) is 4.80. The maximum Gasteiger partial charge on any atom is 0.157 e. The highest BCUT2D eigenvalue weighted by Crippen LogP contribution is 2.25. The summed E-state index contributed by atoms with van der Waals surface area (Å²) in [6.07, 6.45) is 3.53. The van der Waals surface area contributed by atoms with Crippen LogP contribution in [0.2, 0.25) is 0 Å². The molecule has 22 heavy (non-hydrogen) atoms. The highest BCUT2D eigenvalue weighted by atomic mass is 19.1. The summed E-state index contributed by atoms with van der Waals surface area (Å²) < 4.78 is 15.4. The van der Waals surface area contributed by atoms with E-state index in [1.807, 2.05) is 28.7 Å². The van der Waals surface area contributed by atoms with Crippen LogP contribution in [-0.2, 0) is 0 Å². The summed E-state index contributed by atoms with van der Waals surface area (Å²) in [6, 6.07) is 12.8. The smallest absolute Gasteiger partial charge is 0.157 e. The average Bonchev–Trinajstić information content (AvgIpc) is 3.01. The number of rotatable bonds is 2. The Bertz CT molecular complexity index is 990. The van der Waals surface area contributed by atoms with Crippen molar-refractivity contribution in [2.75, 3.05) is 5.32 Å². The zero-order chi connectivity index (χ0) is 15.1. The summed E-state index contributed by atoms with van der Waals surface area (Å²) in [7, 11) is 0. The molecule has 0 saturated heterocycles. The van der Waals surface area contributed by atoms with Crippen molar-refractivity contribution in [3.8, 4) is 0 Å². The van der Waals surface area contributed by atoms with E-state index in [0.29, 0.717) is 11.4 Å². The molecule has 4 aromatic rings. The summed E-state index contributed by atoms with van der Waals surface area (Å²) in [6.45, 7) is 1.74. The van der Waals surface area contributed by atoms with Gasteiger partial charge in [0.2, 0.25) is 0 Å². The molecule has 5 heteroatoms. The Kier molecular flexibility index (Phi) is 2.79. The fourth-order valence-electron chi connectivity index (χ4n) is 2.55. The largest absolute Gasteiger partial charge is 0.338 e. The zero-order valence-corrected chi connectivity index (χ0v) is 11.9. The lowest BCUT2D eigenvalue weighted by Crippen LogP contribution is -1.99. The predicted octanol–water partition coefficient (Wildman–Crippen LogP) is 4.07. The lowest BCUT2D eigenvalue weighted by molar-refractivity contribution is 0.619. The van der Waals surface area contributed by atoms with Gasteiger partial charge in [-0.2, -0.15) is 0 Å². The number of aryl methyl sites for hydroxylation is 1. The van der Waals surface area contributed by atoms with Crippen LogP contribution in [0.4, 0.5) is 15.9 Å². The van der Waals surface area contributed by atoms with Crippen molar-refractivity contribution in [2.45, 2.75) is 6.92 Å². The molecular weight excluding hydrogens is 279 g/mol. The van der Waals surface area contributed by atoms with E-state index in [9.17, 15) is 4.39 Å². The molecule has 108 valence electrons. The Morgan fingerprint density at radius 1 is 1.09 bits per heavy atom. The molecule has 2 aromatic heterocycles. The third kappa shape index (κ3) is 1.98. The van der Waals surface area contributed by atoms with Gasteiger partial charge in [-0.25, -0.2) is 14.4 Å². The van der Waals surface area contributed by atoms with E-state index in [1.165, 1.54) is 6.07 Å². The molecule has 0 aliphatic carbocycles. The monoisotopic (exact) mass is 292 g/mol. The standard InChI is InChI=1S/C17H13FN4/c1-11-8-12(6-7-13(11)18)20-17-16-9-19-10-22(16)15-5-3-2-4-14(15)21-17/h2-10H,1H3,(H,20,21). The van der Waals surface area contributed by atoms with E-state index in [2.05, 4.69) is 15.3 Å². The predicted molar refractivity (Wildman–Crippen MR) is 84.9 cm³/mol.